The first kappa shape index (κ1) is 12.3. The maximum atomic E-state index is 11.8. The zero-order chi connectivity index (χ0) is 12.3. The number of anilines is 1. The molecule has 2 aromatic rings. The molecule has 0 atom stereocenters. The number of halogens is 1. The first-order valence-electron chi connectivity index (χ1n) is 5.23. The Labute approximate surface area is 113 Å². The zero-order valence-corrected chi connectivity index (χ0v) is 11.8. The lowest BCUT2D eigenvalue weighted by Gasteiger charge is -2.06. The summed E-state index contributed by atoms with van der Waals surface area (Å²) in [5, 5.41) is 4.88. The molecule has 0 aliphatic carbocycles. The van der Waals surface area contributed by atoms with Gasteiger partial charge in [0.2, 0.25) is 5.91 Å². The molecule has 2 nitrogen and oxygen atoms in total. The summed E-state index contributed by atoms with van der Waals surface area (Å²) in [6.07, 6.45) is 0.434. The molecular weight excluding hydrogens is 298 g/mol. The van der Waals surface area contributed by atoms with E-state index >= 15 is 0 Å². The lowest BCUT2D eigenvalue weighted by Crippen LogP contribution is -2.13. The van der Waals surface area contributed by atoms with E-state index in [2.05, 4.69) is 21.2 Å². The molecule has 1 aromatic carbocycles. The van der Waals surface area contributed by atoms with Crippen LogP contribution in [0.5, 0.6) is 0 Å². The Morgan fingerprint density at radius 2 is 2.24 bits per heavy atom. The Bertz CT molecular complexity index is 502. The van der Waals surface area contributed by atoms with Gasteiger partial charge in [-0.15, -0.1) is 11.3 Å². The van der Waals surface area contributed by atoms with Crippen LogP contribution in [0.15, 0.2) is 40.2 Å². The summed E-state index contributed by atoms with van der Waals surface area (Å²) < 4.78 is 0.976. The van der Waals surface area contributed by atoms with Crippen molar-refractivity contribution in [2.75, 3.05) is 5.32 Å². The zero-order valence-electron chi connectivity index (χ0n) is 9.37. The van der Waals surface area contributed by atoms with Crippen LogP contribution in [0, 0.1) is 6.92 Å². The van der Waals surface area contributed by atoms with Gasteiger partial charge in [-0.25, -0.2) is 0 Å². The minimum Gasteiger partial charge on any atom is -0.326 e. The molecule has 88 valence electrons. The smallest absolute Gasteiger partial charge is 0.229 e. The predicted octanol–water partition coefficient (Wildman–Crippen LogP) is 4.00. The number of carbonyl (C=O) groups is 1. The number of rotatable bonds is 3. The van der Waals surface area contributed by atoms with Gasteiger partial charge in [-0.2, -0.15) is 0 Å². The Balaban J connectivity index is 2.03. The molecule has 17 heavy (non-hydrogen) atoms. The molecule has 0 radical (unpaired) electrons. The predicted molar refractivity (Wildman–Crippen MR) is 75.5 cm³/mol. The molecule has 1 aromatic heterocycles. The summed E-state index contributed by atoms with van der Waals surface area (Å²) in [4.78, 5) is 12.9. The average molecular weight is 310 g/mol. The lowest BCUT2D eigenvalue weighted by molar-refractivity contribution is -0.115. The van der Waals surface area contributed by atoms with E-state index in [-0.39, 0.29) is 5.91 Å². The standard InChI is InChI=1S/C13H12BrNOS/c1-9-5-10(14)7-11(6-9)15-13(16)8-12-3-2-4-17-12/h2-7H,8H2,1H3,(H,15,16). The van der Waals surface area contributed by atoms with Gasteiger partial charge in [-0.1, -0.05) is 22.0 Å². The molecule has 0 unspecified atom stereocenters. The van der Waals surface area contributed by atoms with Crippen molar-refractivity contribution in [1.29, 1.82) is 0 Å². The van der Waals surface area contributed by atoms with E-state index in [1.165, 1.54) is 0 Å². The van der Waals surface area contributed by atoms with Crippen LogP contribution >= 0.6 is 27.3 Å². The maximum absolute atomic E-state index is 11.8. The normalized spacial score (nSPS) is 10.2. The summed E-state index contributed by atoms with van der Waals surface area (Å²) in [6.45, 7) is 2.00. The summed E-state index contributed by atoms with van der Waals surface area (Å²) in [7, 11) is 0. The van der Waals surface area contributed by atoms with Crippen molar-refractivity contribution < 1.29 is 4.79 Å². The molecule has 0 fully saturated rings. The molecule has 0 aliphatic heterocycles. The molecule has 1 heterocycles. The lowest BCUT2D eigenvalue weighted by atomic mass is 10.2. The molecule has 0 saturated heterocycles. The minimum absolute atomic E-state index is 0.0185. The highest BCUT2D eigenvalue weighted by Gasteiger charge is 2.05. The van der Waals surface area contributed by atoms with Crippen LogP contribution < -0.4 is 5.32 Å². The largest absolute Gasteiger partial charge is 0.326 e. The highest BCUT2D eigenvalue weighted by Crippen LogP contribution is 2.19. The first-order chi connectivity index (χ1) is 8.13. The van der Waals surface area contributed by atoms with E-state index in [4.69, 9.17) is 0 Å². The summed E-state index contributed by atoms with van der Waals surface area (Å²) in [6, 6.07) is 9.79. The maximum Gasteiger partial charge on any atom is 0.229 e. The number of hydrogen-bond donors (Lipinski definition) is 1. The molecule has 0 bridgehead atoms. The Hall–Kier alpha value is -1.13. The number of thiophene rings is 1. The van der Waals surface area contributed by atoms with Crippen molar-refractivity contribution in [2.45, 2.75) is 13.3 Å². The van der Waals surface area contributed by atoms with E-state index in [1.54, 1.807) is 11.3 Å². The van der Waals surface area contributed by atoms with Crippen molar-refractivity contribution in [2.24, 2.45) is 0 Å². The van der Waals surface area contributed by atoms with Crippen LogP contribution in [0.4, 0.5) is 5.69 Å². The van der Waals surface area contributed by atoms with E-state index in [0.29, 0.717) is 6.42 Å². The highest BCUT2D eigenvalue weighted by molar-refractivity contribution is 9.10. The van der Waals surface area contributed by atoms with E-state index in [9.17, 15) is 4.79 Å². The fourth-order valence-electron chi connectivity index (χ4n) is 1.59. The number of aryl methyl sites for hydroxylation is 1. The third-order valence-corrected chi connectivity index (χ3v) is 3.57. The summed E-state index contributed by atoms with van der Waals surface area (Å²) >= 11 is 5.01. The Kier molecular flexibility index (Phi) is 3.97. The molecule has 1 N–H and O–H groups in total. The summed E-state index contributed by atoms with van der Waals surface area (Å²) in [5.41, 5.74) is 1.95. The van der Waals surface area contributed by atoms with Gasteiger partial charge in [-0.3, -0.25) is 4.79 Å². The van der Waals surface area contributed by atoms with Crippen LogP contribution in [0.3, 0.4) is 0 Å². The van der Waals surface area contributed by atoms with Gasteiger partial charge in [0.25, 0.3) is 0 Å². The second-order valence-electron chi connectivity index (χ2n) is 3.82. The monoisotopic (exact) mass is 309 g/mol. The quantitative estimate of drug-likeness (QED) is 0.912. The molecule has 0 aliphatic rings. The molecule has 0 spiro atoms. The van der Waals surface area contributed by atoms with E-state index in [0.717, 1.165) is 20.6 Å². The number of benzene rings is 1. The fraction of sp³-hybridized carbons (Fsp3) is 0.154. The van der Waals surface area contributed by atoms with E-state index in [1.807, 2.05) is 42.6 Å². The van der Waals surface area contributed by atoms with Gasteiger partial charge in [-0.05, 0) is 42.1 Å². The van der Waals surface area contributed by atoms with Crippen molar-refractivity contribution in [1.82, 2.24) is 0 Å². The van der Waals surface area contributed by atoms with Crippen LogP contribution in [-0.4, -0.2) is 5.91 Å². The van der Waals surface area contributed by atoms with Gasteiger partial charge in [0.1, 0.15) is 0 Å². The van der Waals surface area contributed by atoms with Gasteiger partial charge in [0, 0.05) is 15.0 Å². The number of carbonyl (C=O) groups excluding carboxylic acids is 1. The highest BCUT2D eigenvalue weighted by atomic mass is 79.9. The van der Waals surface area contributed by atoms with Gasteiger partial charge in [0.15, 0.2) is 0 Å². The van der Waals surface area contributed by atoms with Crippen molar-refractivity contribution >= 4 is 38.9 Å². The van der Waals surface area contributed by atoms with Crippen LogP contribution in [0.25, 0.3) is 0 Å². The molecule has 2 rings (SSSR count). The topological polar surface area (TPSA) is 29.1 Å². The minimum atomic E-state index is 0.0185. The average Bonchev–Trinajstić information content (AvgIpc) is 2.67. The molecule has 0 saturated carbocycles. The molecule has 1 amide bonds. The molecule has 4 heteroatoms. The number of amides is 1. The summed E-state index contributed by atoms with van der Waals surface area (Å²) in [5.74, 6) is 0.0185. The second kappa shape index (κ2) is 5.47. The first-order valence-corrected chi connectivity index (χ1v) is 6.90. The van der Waals surface area contributed by atoms with E-state index < -0.39 is 0 Å². The number of nitrogens with one attached hydrogen (secondary N) is 1. The van der Waals surface area contributed by atoms with Crippen molar-refractivity contribution in [3.63, 3.8) is 0 Å². The van der Waals surface area contributed by atoms with Gasteiger partial charge < -0.3 is 5.32 Å². The molecular formula is C13H12BrNOS. The van der Waals surface area contributed by atoms with Gasteiger partial charge in [0.05, 0.1) is 6.42 Å². The third kappa shape index (κ3) is 3.68. The fourth-order valence-corrected chi connectivity index (χ4v) is 2.90. The Morgan fingerprint density at radius 1 is 1.41 bits per heavy atom. The SMILES string of the molecule is Cc1cc(Br)cc(NC(=O)Cc2cccs2)c1. The van der Waals surface area contributed by atoms with Crippen molar-refractivity contribution in [3.8, 4) is 0 Å². The third-order valence-electron chi connectivity index (χ3n) is 2.24. The van der Waals surface area contributed by atoms with Crippen molar-refractivity contribution in [3.05, 3.63) is 50.6 Å². The second-order valence-corrected chi connectivity index (χ2v) is 5.77. The van der Waals surface area contributed by atoms with Crippen LogP contribution in [-0.2, 0) is 11.2 Å². The van der Waals surface area contributed by atoms with Crippen LogP contribution in [0.1, 0.15) is 10.4 Å². The van der Waals surface area contributed by atoms with Crippen LogP contribution in [0.2, 0.25) is 0 Å². The Morgan fingerprint density at radius 3 is 2.88 bits per heavy atom. The number of hydrogen-bond acceptors (Lipinski definition) is 2. The van der Waals surface area contributed by atoms with Gasteiger partial charge >= 0.3 is 0 Å².